The molecule has 0 saturated heterocycles. The number of carbonyl (C=O) groups excluding carboxylic acids is 1. The van der Waals surface area contributed by atoms with Gasteiger partial charge in [0.05, 0.1) is 11.3 Å². The molecule has 6 aromatic carbocycles. The number of benzene rings is 6. The van der Waals surface area contributed by atoms with Crippen molar-refractivity contribution in [2.45, 2.75) is 33.4 Å². The minimum absolute atomic E-state index is 0. The average Bonchev–Trinajstić information content (AvgIpc) is 3.06. The molecule has 0 spiro atoms. The molecule has 8 heteroatoms. The normalized spacial score (nSPS) is 15.8. The molecule has 7 aromatic rings. The van der Waals surface area contributed by atoms with Gasteiger partial charge >= 0.3 is 0 Å². The molecule has 237 valence electrons. The van der Waals surface area contributed by atoms with E-state index < -0.39 is 7.14 Å². The van der Waals surface area contributed by atoms with E-state index in [2.05, 4.69) is 103 Å². The number of pyridine rings is 1. The second-order valence-corrected chi connectivity index (χ2v) is 16.4. The molecule has 9 rings (SSSR count). The molecule has 1 aromatic heterocycles. The Morgan fingerprint density at radius 2 is 1.25 bits per heavy atom. The van der Waals surface area contributed by atoms with E-state index in [0.29, 0.717) is 0 Å². The van der Waals surface area contributed by atoms with Crippen LogP contribution < -0.4 is 15.9 Å². The molecular formula is C40H27IrNO3PS2-. The van der Waals surface area contributed by atoms with Crippen LogP contribution in [0, 0.1) is 6.07 Å². The zero-order valence-electron chi connectivity index (χ0n) is 25.9. The molecule has 0 saturated carbocycles. The van der Waals surface area contributed by atoms with Crippen molar-refractivity contribution in [1.82, 2.24) is 4.98 Å². The van der Waals surface area contributed by atoms with E-state index in [-0.39, 0.29) is 31.6 Å². The topological polar surface area (TPSA) is 67.3 Å². The van der Waals surface area contributed by atoms with Crippen LogP contribution in [-0.2, 0) is 29.5 Å². The van der Waals surface area contributed by atoms with Gasteiger partial charge in [-0.2, -0.15) is 0 Å². The number of nitrogens with zero attached hydrogens (tertiary/aromatic N) is 1. The SMILES string of the molecule is CC(=O)/C=C(/C)O.O=P12c3cc4ccccc4cc3Sc3[c-]c(-c4ccc5ccccc5n4)cc(c31)Sc1cc3ccccc3cc12.[Ir]. The van der Waals surface area contributed by atoms with Crippen molar-refractivity contribution in [3.63, 3.8) is 0 Å². The first-order valence-corrected chi connectivity index (χ1v) is 18.5. The van der Waals surface area contributed by atoms with Gasteiger partial charge in [0.2, 0.25) is 0 Å². The van der Waals surface area contributed by atoms with Crippen LogP contribution in [0.3, 0.4) is 0 Å². The number of fused-ring (bicyclic) bond motifs is 7. The maximum Gasteiger partial charge on any atom is 0.155 e. The second-order valence-electron chi connectivity index (χ2n) is 11.7. The average molecular weight is 857 g/mol. The van der Waals surface area contributed by atoms with E-state index in [1.54, 1.807) is 23.5 Å². The molecule has 4 nitrogen and oxygen atoms in total. The van der Waals surface area contributed by atoms with E-state index >= 15 is 4.57 Å². The summed E-state index contributed by atoms with van der Waals surface area (Å²) in [6.07, 6.45) is 1.17. The van der Waals surface area contributed by atoms with Crippen molar-refractivity contribution >= 4 is 84.8 Å². The van der Waals surface area contributed by atoms with E-state index in [1.807, 2.05) is 18.2 Å². The molecule has 2 aliphatic rings. The summed E-state index contributed by atoms with van der Waals surface area (Å²) in [5.41, 5.74) is 2.77. The van der Waals surface area contributed by atoms with Crippen molar-refractivity contribution in [2.75, 3.05) is 0 Å². The molecule has 0 amide bonds. The van der Waals surface area contributed by atoms with Crippen molar-refractivity contribution in [3.05, 3.63) is 133 Å². The van der Waals surface area contributed by atoms with Crippen LogP contribution in [0.4, 0.5) is 0 Å². The van der Waals surface area contributed by atoms with Gasteiger partial charge in [0.15, 0.2) is 5.78 Å². The number of hydrogen-bond donors (Lipinski definition) is 1. The molecule has 0 fully saturated rings. The monoisotopic (exact) mass is 857 g/mol. The van der Waals surface area contributed by atoms with E-state index in [9.17, 15) is 4.79 Å². The molecule has 1 atom stereocenters. The van der Waals surface area contributed by atoms with E-state index in [0.717, 1.165) is 79.2 Å². The Bertz CT molecular complexity index is 2410. The number of aromatic nitrogens is 1. The number of allylic oxidation sites excluding steroid dienone is 2. The summed E-state index contributed by atoms with van der Waals surface area (Å²) in [5, 5.41) is 16.8. The van der Waals surface area contributed by atoms with Gasteiger partial charge in [-0.05, 0) is 82.1 Å². The smallest absolute Gasteiger partial charge is 0.155 e. The first kappa shape index (κ1) is 32.6. The molecule has 1 unspecified atom stereocenters. The fourth-order valence-electron chi connectivity index (χ4n) is 6.30. The number of aliphatic hydroxyl groups excluding tert-OH is 1. The van der Waals surface area contributed by atoms with Crippen LogP contribution in [0.1, 0.15) is 13.8 Å². The van der Waals surface area contributed by atoms with Crippen LogP contribution in [0.5, 0.6) is 0 Å². The number of ketones is 1. The molecule has 1 radical (unpaired) electrons. The van der Waals surface area contributed by atoms with Gasteiger partial charge in [0.1, 0.15) is 7.14 Å². The minimum Gasteiger partial charge on any atom is -0.512 e. The van der Waals surface area contributed by atoms with Crippen LogP contribution in [0.2, 0.25) is 0 Å². The molecule has 2 aliphatic heterocycles. The third kappa shape index (κ3) is 5.64. The maximum absolute atomic E-state index is 15.8. The molecule has 0 aliphatic carbocycles. The fourth-order valence-corrected chi connectivity index (χ4v) is 13.2. The molecule has 48 heavy (non-hydrogen) atoms. The molecular weight excluding hydrogens is 830 g/mol. The Morgan fingerprint density at radius 3 is 1.81 bits per heavy atom. The summed E-state index contributed by atoms with van der Waals surface area (Å²) in [7, 11) is -3.17. The van der Waals surface area contributed by atoms with Gasteiger partial charge in [0.25, 0.3) is 0 Å². The fraction of sp³-hybridized carbons (Fsp3) is 0.0500. The summed E-state index contributed by atoms with van der Waals surface area (Å²) < 4.78 is 15.8. The first-order valence-electron chi connectivity index (χ1n) is 15.2. The summed E-state index contributed by atoms with van der Waals surface area (Å²) >= 11 is 3.41. The van der Waals surface area contributed by atoms with Gasteiger partial charge in [-0.1, -0.05) is 88.7 Å². The standard InChI is InChI=1S/C35H19NOPS2.C5H8O2.Ir/c37-38-29-15-22-8-1-3-10-24(22)17-31(29)39-33-19-26(28-14-13-21-7-5-6-12-27(21)36-28)20-34(35(33)38)40-32-18-25-11-4-2-9-23(25)16-30(32)38;1-4(6)3-5(2)7;/h1-19H;3,6H,1-2H3;/q-1;;/b;4-3-;. The van der Waals surface area contributed by atoms with Crippen LogP contribution in [-0.4, -0.2) is 15.9 Å². The van der Waals surface area contributed by atoms with Crippen molar-refractivity contribution in [2.24, 2.45) is 0 Å². The van der Waals surface area contributed by atoms with Crippen molar-refractivity contribution in [1.29, 1.82) is 0 Å². The largest absolute Gasteiger partial charge is 0.512 e. The minimum atomic E-state index is -3.17. The van der Waals surface area contributed by atoms with Crippen LogP contribution in [0.25, 0.3) is 43.7 Å². The number of rotatable bonds is 2. The molecule has 1 N–H and O–H groups in total. The Morgan fingerprint density at radius 1 is 0.708 bits per heavy atom. The zero-order chi connectivity index (χ0) is 32.3. The van der Waals surface area contributed by atoms with Crippen molar-refractivity contribution in [3.8, 4) is 11.3 Å². The Kier molecular flexibility index (Phi) is 8.70. The Hall–Kier alpha value is -3.96. The van der Waals surface area contributed by atoms with Gasteiger partial charge in [0, 0.05) is 46.6 Å². The van der Waals surface area contributed by atoms with Gasteiger partial charge in [-0.25, -0.2) is 0 Å². The van der Waals surface area contributed by atoms with Gasteiger partial charge < -0.3 is 9.67 Å². The van der Waals surface area contributed by atoms with Crippen LogP contribution >= 0.6 is 30.7 Å². The second kappa shape index (κ2) is 12.8. The maximum atomic E-state index is 15.8. The van der Waals surface area contributed by atoms with Crippen LogP contribution in [0.15, 0.2) is 147 Å². The predicted octanol–water partition coefficient (Wildman–Crippen LogP) is 9.61. The summed E-state index contributed by atoms with van der Waals surface area (Å²) in [4.78, 5) is 19.1. The Labute approximate surface area is 300 Å². The van der Waals surface area contributed by atoms with E-state index in [1.165, 1.54) is 19.9 Å². The van der Waals surface area contributed by atoms with Gasteiger partial charge in [-0.15, -0.1) is 41.2 Å². The number of para-hydroxylation sites is 1. The number of hydrogen-bond acceptors (Lipinski definition) is 6. The third-order valence-electron chi connectivity index (χ3n) is 8.34. The molecule has 3 heterocycles. The van der Waals surface area contributed by atoms with Gasteiger partial charge in [-0.3, -0.25) is 9.78 Å². The summed E-state index contributed by atoms with van der Waals surface area (Å²) in [6.45, 7) is 2.85. The summed E-state index contributed by atoms with van der Waals surface area (Å²) in [6, 6.07) is 43.7. The number of carbonyl (C=O) groups is 1. The predicted molar refractivity (Wildman–Crippen MR) is 196 cm³/mol. The van der Waals surface area contributed by atoms with Crippen molar-refractivity contribution < 1.29 is 34.6 Å². The first-order chi connectivity index (χ1) is 22.8. The van der Waals surface area contributed by atoms with E-state index in [4.69, 9.17) is 10.1 Å². The quantitative estimate of drug-likeness (QED) is 0.0809. The number of aliphatic hydroxyl groups is 1. The zero-order valence-corrected chi connectivity index (χ0v) is 30.8. The third-order valence-corrected chi connectivity index (χ3v) is 14.3. The molecule has 0 bridgehead atoms. The Balaban J connectivity index is 0.000000415. The summed E-state index contributed by atoms with van der Waals surface area (Å²) in [5.74, 6) is -0.0625.